The van der Waals surface area contributed by atoms with E-state index in [9.17, 15) is 4.39 Å². The van der Waals surface area contributed by atoms with E-state index in [1.807, 2.05) is 13.0 Å². The maximum absolute atomic E-state index is 14.7. The molecule has 2 saturated carbocycles. The number of allylic oxidation sites excluding steroid dienone is 1. The third-order valence-electron chi connectivity index (χ3n) is 6.71. The first kappa shape index (κ1) is 16.9. The van der Waals surface area contributed by atoms with Gasteiger partial charge in [-0.15, -0.1) is 6.58 Å². The number of fused-ring (bicyclic) bond motifs is 3. The quantitative estimate of drug-likeness (QED) is 0.637. The first-order valence-electron chi connectivity index (χ1n) is 9.95. The Labute approximate surface area is 150 Å². The van der Waals surface area contributed by atoms with E-state index in [0.717, 1.165) is 30.2 Å². The van der Waals surface area contributed by atoms with Gasteiger partial charge < -0.3 is 9.47 Å². The molecule has 0 bridgehead atoms. The lowest BCUT2D eigenvalue weighted by atomic mass is 9.68. The number of rotatable bonds is 4. The Bertz CT molecular complexity index is 633. The average Bonchev–Trinajstić information content (AvgIpc) is 3.03. The molecule has 3 heteroatoms. The van der Waals surface area contributed by atoms with Gasteiger partial charge in [0.1, 0.15) is 6.10 Å². The third-order valence-corrected chi connectivity index (χ3v) is 6.71. The minimum Gasteiger partial charge on any atom is -0.491 e. The fourth-order valence-electron chi connectivity index (χ4n) is 5.31. The Morgan fingerprint density at radius 2 is 1.92 bits per heavy atom. The Balaban J connectivity index is 1.45. The molecule has 4 rings (SSSR count). The first-order chi connectivity index (χ1) is 12.2. The Morgan fingerprint density at radius 1 is 1.16 bits per heavy atom. The van der Waals surface area contributed by atoms with Crippen LogP contribution in [0, 0.1) is 23.6 Å². The van der Waals surface area contributed by atoms with Crippen LogP contribution >= 0.6 is 0 Å². The van der Waals surface area contributed by atoms with Gasteiger partial charge in [-0.2, -0.15) is 4.39 Å². The largest absolute Gasteiger partial charge is 0.491 e. The third kappa shape index (κ3) is 3.07. The first-order valence-corrected chi connectivity index (χ1v) is 9.95. The molecular weight excluding hydrogens is 315 g/mol. The second kappa shape index (κ2) is 7.01. The van der Waals surface area contributed by atoms with Crippen LogP contribution in [0.4, 0.5) is 4.39 Å². The molecule has 1 heterocycles. The van der Waals surface area contributed by atoms with E-state index < -0.39 is 0 Å². The minimum atomic E-state index is -0.309. The van der Waals surface area contributed by atoms with Crippen molar-refractivity contribution in [3.8, 4) is 11.5 Å². The van der Waals surface area contributed by atoms with E-state index in [0.29, 0.717) is 29.9 Å². The Morgan fingerprint density at radius 3 is 2.64 bits per heavy atom. The number of halogens is 1. The van der Waals surface area contributed by atoms with Crippen molar-refractivity contribution in [3.05, 3.63) is 36.2 Å². The van der Waals surface area contributed by atoms with Crippen LogP contribution in [0.25, 0.3) is 0 Å². The van der Waals surface area contributed by atoms with Crippen molar-refractivity contribution in [1.82, 2.24) is 0 Å². The summed E-state index contributed by atoms with van der Waals surface area (Å²) in [7, 11) is 0. The highest BCUT2D eigenvalue weighted by Gasteiger charge is 2.43. The molecule has 25 heavy (non-hydrogen) atoms. The summed E-state index contributed by atoms with van der Waals surface area (Å²) in [5, 5.41) is 0. The van der Waals surface area contributed by atoms with Gasteiger partial charge in [0.05, 0.1) is 6.61 Å². The molecule has 1 aromatic rings. The van der Waals surface area contributed by atoms with Gasteiger partial charge >= 0.3 is 0 Å². The van der Waals surface area contributed by atoms with Crippen LogP contribution in [-0.4, -0.2) is 12.7 Å². The van der Waals surface area contributed by atoms with E-state index in [2.05, 4.69) is 12.7 Å². The summed E-state index contributed by atoms with van der Waals surface area (Å²) in [5.74, 6) is 3.09. The molecule has 0 aromatic heterocycles. The summed E-state index contributed by atoms with van der Waals surface area (Å²) in [6.07, 6.45) is 10.9. The number of ether oxygens (including phenoxy) is 2. The molecule has 0 radical (unpaired) electrons. The smallest absolute Gasteiger partial charge is 0.207 e. The highest BCUT2D eigenvalue weighted by molar-refractivity contribution is 5.48. The summed E-state index contributed by atoms with van der Waals surface area (Å²) >= 11 is 0. The van der Waals surface area contributed by atoms with Crippen LogP contribution in [0.3, 0.4) is 0 Å². The maximum atomic E-state index is 14.7. The summed E-state index contributed by atoms with van der Waals surface area (Å²) in [6.45, 7) is 6.30. The molecular formula is C22H29FO2. The second-order valence-corrected chi connectivity index (χ2v) is 7.98. The van der Waals surface area contributed by atoms with Crippen molar-refractivity contribution in [2.45, 2.75) is 63.9 Å². The molecule has 1 aliphatic heterocycles. The lowest BCUT2D eigenvalue weighted by Crippen LogP contribution is -2.33. The fourth-order valence-corrected chi connectivity index (χ4v) is 5.31. The molecule has 0 amide bonds. The molecule has 136 valence electrons. The molecule has 3 aliphatic rings. The summed E-state index contributed by atoms with van der Waals surface area (Å²) in [5.41, 5.74) is 1.06. The van der Waals surface area contributed by atoms with E-state index in [4.69, 9.17) is 9.47 Å². The van der Waals surface area contributed by atoms with Gasteiger partial charge in [0.2, 0.25) is 5.82 Å². The zero-order valence-corrected chi connectivity index (χ0v) is 15.2. The zero-order valence-electron chi connectivity index (χ0n) is 15.2. The van der Waals surface area contributed by atoms with Crippen molar-refractivity contribution in [3.63, 3.8) is 0 Å². The summed E-state index contributed by atoms with van der Waals surface area (Å²) in [4.78, 5) is 0. The highest BCUT2D eigenvalue weighted by atomic mass is 19.1. The van der Waals surface area contributed by atoms with E-state index in [1.54, 1.807) is 6.07 Å². The molecule has 1 unspecified atom stereocenters. The van der Waals surface area contributed by atoms with Crippen molar-refractivity contribution in [1.29, 1.82) is 0 Å². The molecule has 0 N–H and O–H groups in total. The molecule has 2 fully saturated rings. The molecule has 0 spiro atoms. The number of benzene rings is 1. The SMILES string of the molecule is C=CC1CCC([C@@H]2CC[C@H]3c4ccc(OCC)c(F)c4OC3C2)CC1. The van der Waals surface area contributed by atoms with Gasteiger partial charge in [-0.1, -0.05) is 12.1 Å². The predicted octanol–water partition coefficient (Wildman–Crippen LogP) is 5.86. The van der Waals surface area contributed by atoms with Crippen molar-refractivity contribution in [2.24, 2.45) is 17.8 Å². The van der Waals surface area contributed by atoms with E-state index >= 15 is 0 Å². The number of hydrogen-bond donors (Lipinski definition) is 0. The molecule has 2 nitrogen and oxygen atoms in total. The average molecular weight is 344 g/mol. The maximum Gasteiger partial charge on any atom is 0.207 e. The highest BCUT2D eigenvalue weighted by Crippen LogP contribution is 2.52. The molecule has 1 aromatic carbocycles. The van der Waals surface area contributed by atoms with Crippen LogP contribution < -0.4 is 9.47 Å². The number of hydrogen-bond acceptors (Lipinski definition) is 2. The van der Waals surface area contributed by atoms with Crippen LogP contribution in [0.2, 0.25) is 0 Å². The topological polar surface area (TPSA) is 18.5 Å². The molecule has 3 atom stereocenters. The second-order valence-electron chi connectivity index (χ2n) is 7.98. The van der Waals surface area contributed by atoms with Crippen LogP contribution in [-0.2, 0) is 0 Å². The van der Waals surface area contributed by atoms with Gasteiger partial charge in [-0.3, -0.25) is 0 Å². The lowest BCUT2D eigenvalue weighted by Gasteiger charge is -2.38. The monoisotopic (exact) mass is 344 g/mol. The fraction of sp³-hybridized carbons (Fsp3) is 0.636. The van der Waals surface area contributed by atoms with Crippen LogP contribution in [0.15, 0.2) is 24.8 Å². The zero-order chi connectivity index (χ0) is 17.4. The van der Waals surface area contributed by atoms with Gasteiger partial charge in [-0.05, 0) is 75.7 Å². The van der Waals surface area contributed by atoms with Crippen molar-refractivity contribution < 1.29 is 13.9 Å². The minimum absolute atomic E-state index is 0.150. The van der Waals surface area contributed by atoms with Crippen LogP contribution in [0.1, 0.15) is 63.4 Å². The lowest BCUT2D eigenvalue weighted by molar-refractivity contribution is 0.0840. The van der Waals surface area contributed by atoms with E-state index in [-0.39, 0.29) is 11.9 Å². The van der Waals surface area contributed by atoms with E-state index in [1.165, 1.54) is 32.1 Å². The normalized spacial score (nSPS) is 33.9. The summed E-state index contributed by atoms with van der Waals surface area (Å²) < 4.78 is 26.2. The van der Waals surface area contributed by atoms with Gasteiger partial charge in [0.15, 0.2) is 11.5 Å². The Hall–Kier alpha value is -1.51. The van der Waals surface area contributed by atoms with Crippen LogP contribution in [0.5, 0.6) is 11.5 Å². The van der Waals surface area contributed by atoms with Crippen molar-refractivity contribution in [2.75, 3.05) is 6.61 Å². The standard InChI is InChI=1S/C22H29FO2/c1-3-14-5-7-15(8-6-14)16-9-10-17-18-11-12-19(24-4-2)21(23)22(18)25-20(17)13-16/h3,11-12,14-17,20H,1,4-10,13H2,2H3/t14?,15?,16-,17+,20?/m1/s1. The van der Waals surface area contributed by atoms with Gasteiger partial charge in [0.25, 0.3) is 0 Å². The molecule has 2 aliphatic carbocycles. The predicted molar refractivity (Wildman–Crippen MR) is 97.7 cm³/mol. The van der Waals surface area contributed by atoms with Gasteiger partial charge in [-0.25, -0.2) is 0 Å². The Kier molecular flexibility index (Phi) is 4.75. The van der Waals surface area contributed by atoms with Gasteiger partial charge in [0, 0.05) is 11.5 Å². The van der Waals surface area contributed by atoms with Crippen molar-refractivity contribution >= 4 is 0 Å². The molecule has 0 saturated heterocycles. The summed E-state index contributed by atoms with van der Waals surface area (Å²) in [6, 6.07) is 3.79.